The molecule has 0 bridgehead atoms. The molecule has 9 heteroatoms. The van der Waals surface area contributed by atoms with E-state index in [9.17, 15) is 13.2 Å². The second kappa shape index (κ2) is 14.7. The predicted molar refractivity (Wildman–Crippen MR) is 169 cm³/mol. The van der Waals surface area contributed by atoms with E-state index in [2.05, 4.69) is 0 Å². The highest BCUT2D eigenvalue weighted by molar-refractivity contribution is 5.84. The van der Waals surface area contributed by atoms with Crippen LogP contribution in [0.3, 0.4) is 0 Å². The zero-order valence-electron chi connectivity index (χ0n) is 26.8. The summed E-state index contributed by atoms with van der Waals surface area (Å²) in [5.74, 6) is -8.92. The number of hydrogen-bond donors (Lipinski definition) is 0. The van der Waals surface area contributed by atoms with Crippen LogP contribution < -0.4 is 4.74 Å². The van der Waals surface area contributed by atoms with Gasteiger partial charge in [-0.2, -0.15) is 8.78 Å². The molecule has 1 nitrogen and oxygen atoms in total. The highest BCUT2D eigenvalue weighted by Gasteiger charge is 2.41. The quantitative estimate of drug-likeness (QED) is 0.109. The zero-order valence-corrected chi connectivity index (χ0v) is 26.8. The molecule has 4 rings (SSSR count). The Balaban J connectivity index is 1.75. The van der Waals surface area contributed by atoms with Crippen molar-refractivity contribution in [3.05, 3.63) is 123 Å². The average Bonchev–Trinajstić information content (AvgIpc) is 3.04. The fourth-order valence-corrected chi connectivity index (χ4v) is 5.27. The Morgan fingerprint density at radius 2 is 1.36 bits per heavy atom. The summed E-state index contributed by atoms with van der Waals surface area (Å²) < 4.78 is 126. The molecule has 0 N–H and O–H groups in total. The summed E-state index contributed by atoms with van der Waals surface area (Å²) in [5.41, 5.74) is -1.33. The average molecular weight is 661 g/mol. The molecule has 47 heavy (non-hydrogen) atoms. The molecule has 0 aliphatic carbocycles. The van der Waals surface area contributed by atoms with Crippen LogP contribution in [-0.2, 0) is 19.0 Å². The first-order valence-corrected chi connectivity index (χ1v) is 15.5. The molecular formula is C38H36F8O. The molecule has 0 amide bonds. The van der Waals surface area contributed by atoms with Gasteiger partial charge in [-0.25, -0.2) is 26.3 Å². The Labute approximate surface area is 269 Å². The third kappa shape index (κ3) is 7.88. The van der Waals surface area contributed by atoms with Crippen molar-refractivity contribution in [3.8, 4) is 16.9 Å². The molecule has 0 fully saturated rings. The minimum Gasteiger partial charge on any atom is -0.429 e. The highest BCUT2D eigenvalue weighted by atomic mass is 19.3. The predicted octanol–water partition coefficient (Wildman–Crippen LogP) is 12.5. The van der Waals surface area contributed by atoms with E-state index in [1.165, 1.54) is 18.2 Å². The molecule has 250 valence electrons. The Morgan fingerprint density at radius 3 is 1.96 bits per heavy atom. The van der Waals surface area contributed by atoms with Gasteiger partial charge < -0.3 is 4.74 Å². The van der Waals surface area contributed by atoms with Crippen molar-refractivity contribution in [2.45, 2.75) is 72.3 Å². The lowest BCUT2D eigenvalue weighted by atomic mass is 9.90. The van der Waals surface area contributed by atoms with Crippen LogP contribution in [0.2, 0.25) is 0 Å². The van der Waals surface area contributed by atoms with E-state index >= 15 is 22.0 Å². The first-order chi connectivity index (χ1) is 22.2. The molecule has 0 radical (unpaired) electrons. The lowest BCUT2D eigenvalue weighted by molar-refractivity contribution is -0.188. The maximum Gasteiger partial charge on any atom is 0.429 e. The summed E-state index contributed by atoms with van der Waals surface area (Å²) in [5, 5.41) is 0. The Bertz CT molecular complexity index is 1760. The van der Waals surface area contributed by atoms with Gasteiger partial charge in [0.15, 0.2) is 23.3 Å². The molecule has 0 aliphatic rings. The van der Waals surface area contributed by atoms with E-state index in [0.717, 1.165) is 29.8 Å². The topological polar surface area (TPSA) is 9.23 Å². The molecule has 4 aromatic carbocycles. The molecular weight excluding hydrogens is 624 g/mol. The number of ether oxygens (including phenoxy) is 1. The minimum absolute atomic E-state index is 0.0286. The summed E-state index contributed by atoms with van der Waals surface area (Å²) in [4.78, 5) is 0. The van der Waals surface area contributed by atoms with E-state index in [0.29, 0.717) is 31.4 Å². The third-order valence-electron chi connectivity index (χ3n) is 8.49. The smallest absolute Gasteiger partial charge is 0.429 e. The minimum atomic E-state index is -4.33. The van der Waals surface area contributed by atoms with Gasteiger partial charge in [-0.1, -0.05) is 83.5 Å². The monoisotopic (exact) mass is 660 g/mol. The number of benzene rings is 4. The summed E-state index contributed by atoms with van der Waals surface area (Å²) >= 11 is 0. The fourth-order valence-electron chi connectivity index (χ4n) is 5.27. The third-order valence-corrected chi connectivity index (χ3v) is 8.49. The first kappa shape index (κ1) is 35.7. The molecule has 0 spiro atoms. The normalized spacial score (nSPS) is 13.7. The van der Waals surface area contributed by atoms with Crippen LogP contribution in [0.15, 0.2) is 66.7 Å². The van der Waals surface area contributed by atoms with Gasteiger partial charge in [-0.15, -0.1) is 0 Å². The molecule has 2 atom stereocenters. The van der Waals surface area contributed by atoms with Crippen molar-refractivity contribution in [1.82, 2.24) is 0 Å². The van der Waals surface area contributed by atoms with Crippen molar-refractivity contribution in [2.24, 2.45) is 5.92 Å². The summed E-state index contributed by atoms with van der Waals surface area (Å²) in [6.07, 6.45) is -2.73. The molecule has 0 heterocycles. The van der Waals surface area contributed by atoms with Crippen molar-refractivity contribution in [2.75, 3.05) is 0 Å². The second-order valence-electron chi connectivity index (χ2n) is 11.8. The van der Waals surface area contributed by atoms with Crippen LogP contribution in [0.4, 0.5) is 35.1 Å². The zero-order chi connectivity index (χ0) is 34.6. The number of aryl methyl sites for hydroxylation is 1. The maximum absolute atomic E-state index is 15.7. The molecule has 2 unspecified atom stereocenters. The van der Waals surface area contributed by atoms with E-state index in [1.54, 1.807) is 32.9 Å². The van der Waals surface area contributed by atoms with E-state index < -0.39 is 63.8 Å². The van der Waals surface area contributed by atoms with Crippen LogP contribution in [0.25, 0.3) is 22.8 Å². The van der Waals surface area contributed by atoms with Crippen LogP contribution in [0.5, 0.6) is 5.75 Å². The van der Waals surface area contributed by atoms with E-state index in [1.807, 2.05) is 13.8 Å². The SMILES string of the molecule is CCc1ccc(C(F)=C(F)c2ccc(-c3cc(F)c(C(F)(F)Oc4cc(F)c(F)c(C(C)CC)c4)c(CC(C)CC)c3)c(F)c2)cc1. The number of halogens is 8. The van der Waals surface area contributed by atoms with Gasteiger partial charge in [-0.05, 0) is 71.6 Å². The van der Waals surface area contributed by atoms with Gasteiger partial charge in [-0.3, -0.25) is 0 Å². The Kier molecular flexibility index (Phi) is 11.2. The Hall–Kier alpha value is -4.14. The van der Waals surface area contributed by atoms with Crippen LogP contribution in [-0.4, -0.2) is 0 Å². The fraction of sp³-hybridized carbons (Fsp3) is 0.316. The van der Waals surface area contributed by atoms with E-state index in [4.69, 9.17) is 4.74 Å². The van der Waals surface area contributed by atoms with Gasteiger partial charge in [0.25, 0.3) is 0 Å². The standard InChI is InChI=1S/C38H36F8O/c1-6-21(4)15-27-16-26(29-14-13-25(17-31(29)39)36(43)35(42)24-11-9-23(8-3)10-12-24)18-32(40)34(27)38(45,46)47-28-19-30(22(5)7-2)37(44)33(41)20-28/h9-14,16-22H,6-8,15H2,1-5H3. The summed E-state index contributed by atoms with van der Waals surface area (Å²) in [6, 6.07) is 12.4. The molecule has 0 saturated heterocycles. The molecule has 0 saturated carbocycles. The van der Waals surface area contributed by atoms with Gasteiger partial charge in [0, 0.05) is 22.8 Å². The van der Waals surface area contributed by atoms with Crippen molar-refractivity contribution >= 4 is 11.7 Å². The van der Waals surface area contributed by atoms with Crippen LogP contribution in [0, 0.1) is 29.2 Å². The summed E-state index contributed by atoms with van der Waals surface area (Å²) in [6.45, 7) is 8.80. The number of hydrogen-bond acceptors (Lipinski definition) is 1. The van der Waals surface area contributed by atoms with Crippen molar-refractivity contribution in [1.29, 1.82) is 0 Å². The Morgan fingerprint density at radius 1 is 0.723 bits per heavy atom. The second-order valence-corrected chi connectivity index (χ2v) is 11.8. The van der Waals surface area contributed by atoms with E-state index in [-0.39, 0.29) is 40.2 Å². The van der Waals surface area contributed by atoms with Crippen LogP contribution >= 0.6 is 0 Å². The molecule has 0 aliphatic heterocycles. The van der Waals surface area contributed by atoms with Crippen molar-refractivity contribution in [3.63, 3.8) is 0 Å². The van der Waals surface area contributed by atoms with Gasteiger partial charge >= 0.3 is 6.11 Å². The number of alkyl halides is 2. The van der Waals surface area contributed by atoms with Gasteiger partial charge in [0.1, 0.15) is 22.9 Å². The van der Waals surface area contributed by atoms with Gasteiger partial charge in [0.2, 0.25) is 0 Å². The lowest BCUT2D eigenvalue weighted by Crippen LogP contribution is -2.26. The maximum atomic E-state index is 15.7. The van der Waals surface area contributed by atoms with Gasteiger partial charge in [0.05, 0.1) is 0 Å². The largest absolute Gasteiger partial charge is 0.429 e. The molecule has 0 aromatic heterocycles. The molecule has 4 aromatic rings. The summed E-state index contributed by atoms with van der Waals surface area (Å²) in [7, 11) is 0. The highest BCUT2D eigenvalue weighted by Crippen LogP contribution is 2.41. The number of rotatable bonds is 12. The first-order valence-electron chi connectivity index (χ1n) is 15.5. The lowest BCUT2D eigenvalue weighted by Gasteiger charge is -2.24. The van der Waals surface area contributed by atoms with Crippen LogP contribution in [0.1, 0.15) is 86.8 Å². The van der Waals surface area contributed by atoms with Crippen molar-refractivity contribution < 1.29 is 39.9 Å².